The van der Waals surface area contributed by atoms with Crippen molar-refractivity contribution in [2.45, 2.75) is 26.7 Å². The van der Waals surface area contributed by atoms with Crippen molar-refractivity contribution in [1.82, 2.24) is 0 Å². The molecule has 0 aromatic heterocycles. The van der Waals surface area contributed by atoms with Gasteiger partial charge in [-0.2, -0.15) is 0 Å². The number of phenols is 1. The molecule has 0 aliphatic rings. The molecule has 1 N–H and O–H groups in total. The van der Waals surface area contributed by atoms with E-state index in [-0.39, 0.29) is 5.75 Å². The Bertz CT molecular complexity index is 694. The number of phenolic OH excluding ortho intramolecular Hbond substituents is 1. The maximum absolute atomic E-state index is 11.4. The number of aromatic hydroxyl groups is 1. The van der Waals surface area contributed by atoms with Gasteiger partial charge in [0.1, 0.15) is 5.75 Å². The number of benzene rings is 2. The molecular weight excluding hydrogens is 292 g/mol. The third-order valence-corrected chi connectivity index (χ3v) is 3.43. The molecule has 4 nitrogen and oxygen atoms in total. The normalized spacial score (nSPS) is 10.7. The largest absolute Gasteiger partial charge is 0.504 e. The molecule has 112 valence electrons. The van der Waals surface area contributed by atoms with Crippen molar-refractivity contribution >= 4 is 28.3 Å². The van der Waals surface area contributed by atoms with Crippen LogP contribution in [0.2, 0.25) is 5.02 Å². The Balaban J connectivity index is 2.88. The van der Waals surface area contributed by atoms with E-state index in [1.165, 1.54) is 14.0 Å². The number of rotatable bonds is 4. The number of ether oxygens (including phenoxy) is 2. The Kier molecular flexibility index (Phi) is 4.58. The number of carbonyl (C=O) groups excluding carboxylic acids is 1. The monoisotopic (exact) mass is 308 g/mol. The summed E-state index contributed by atoms with van der Waals surface area (Å²) in [5.74, 6) is 0.337. The molecule has 2 rings (SSSR count). The van der Waals surface area contributed by atoms with Crippen LogP contribution in [0.3, 0.4) is 0 Å². The van der Waals surface area contributed by atoms with E-state index in [4.69, 9.17) is 21.1 Å². The zero-order chi connectivity index (χ0) is 15.6. The summed E-state index contributed by atoms with van der Waals surface area (Å²) in [6, 6.07) is 5.02. The summed E-state index contributed by atoms with van der Waals surface area (Å²) >= 11 is 6.03. The zero-order valence-electron chi connectivity index (χ0n) is 12.2. The summed E-state index contributed by atoms with van der Waals surface area (Å²) in [7, 11) is 1.48. The van der Waals surface area contributed by atoms with Gasteiger partial charge in [-0.05, 0) is 24.6 Å². The van der Waals surface area contributed by atoms with Gasteiger partial charge >= 0.3 is 5.97 Å². The summed E-state index contributed by atoms with van der Waals surface area (Å²) in [4.78, 5) is 11.4. The highest BCUT2D eigenvalue weighted by Crippen LogP contribution is 2.46. The molecule has 0 atom stereocenters. The van der Waals surface area contributed by atoms with Crippen LogP contribution in [0.5, 0.6) is 17.2 Å². The molecule has 5 heteroatoms. The molecular formula is C16H17ClO4. The van der Waals surface area contributed by atoms with Gasteiger partial charge in [0.05, 0.1) is 7.11 Å². The van der Waals surface area contributed by atoms with Crippen LogP contribution < -0.4 is 9.47 Å². The van der Waals surface area contributed by atoms with Crippen molar-refractivity contribution < 1.29 is 19.4 Å². The molecule has 0 spiro atoms. The fourth-order valence-electron chi connectivity index (χ4n) is 2.40. The van der Waals surface area contributed by atoms with Crippen molar-refractivity contribution in [3.05, 3.63) is 28.8 Å². The molecule has 2 aromatic carbocycles. The van der Waals surface area contributed by atoms with Crippen LogP contribution in [0.1, 0.15) is 25.8 Å². The fraction of sp³-hybridized carbons (Fsp3) is 0.312. The van der Waals surface area contributed by atoms with E-state index in [0.717, 1.165) is 6.42 Å². The summed E-state index contributed by atoms with van der Waals surface area (Å²) in [6.45, 7) is 3.33. The van der Waals surface area contributed by atoms with Crippen molar-refractivity contribution in [3.8, 4) is 17.2 Å². The molecule has 2 aromatic rings. The smallest absolute Gasteiger partial charge is 0.308 e. The maximum atomic E-state index is 11.4. The third-order valence-electron chi connectivity index (χ3n) is 3.19. The molecule has 0 radical (unpaired) electrons. The fourth-order valence-corrected chi connectivity index (χ4v) is 2.57. The van der Waals surface area contributed by atoms with Crippen LogP contribution in [-0.4, -0.2) is 18.2 Å². The van der Waals surface area contributed by atoms with Crippen molar-refractivity contribution in [2.75, 3.05) is 7.11 Å². The second-order valence-electron chi connectivity index (χ2n) is 4.72. The van der Waals surface area contributed by atoms with Gasteiger partial charge in [0.25, 0.3) is 0 Å². The first-order valence-corrected chi connectivity index (χ1v) is 7.06. The first-order valence-electron chi connectivity index (χ1n) is 6.69. The number of carbonyl (C=O) groups is 1. The van der Waals surface area contributed by atoms with Crippen molar-refractivity contribution in [1.29, 1.82) is 0 Å². The second kappa shape index (κ2) is 6.22. The SMILES string of the molecule is CCCc1c(OC)c(O)c2ccc(Cl)cc2c1OC(C)=O. The first kappa shape index (κ1) is 15.4. The van der Waals surface area contributed by atoms with E-state index in [1.807, 2.05) is 6.92 Å². The van der Waals surface area contributed by atoms with E-state index < -0.39 is 5.97 Å². The predicted molar refractivity (Wildman–Crippen MR) is 82.5 cm³/mol. The summed E-state index contributed by atoms with van der Waals surface area (Å²) in [6.07, 6.45) is 1.43. The maximum Gasteiger partial charge on any atom is 0.308 e. The average molecular weight is 309 g/mol. The Labute approximate surface area is 128 Å². The molecule has 0 aliphatic carbocycles. The number of hydrogen-bond donors (Lipinski definition) is 1. The van der Waals surface area contributed by atoms with Crippen LogP contribution in [0, 0.1) is 0 Å². The lowest BCUT2D eigenvalue weighted by atomic mass is 9.99. The lowest BCUT2D eigenvalue weighted by molar-refractivity contribution is -0.131. The van der Waals surface area contributed by atoms with Gasteiger partial charge < -0.3 is 14.6 Å². The molecule has 0 amide bonds. The zero-order valence-corrected chi connectivity index (χ0v) is 13.0. The quantitative estimate of drug-likeness (QED) is 0.683. The Morgan fingerprint density at radius 3 is 2.57 bits per heavy atom. The minimum Gasteiger partial charge on any atom is -0.504 e. The number of esters is 1. The summed E-state index contributed by atoms with van der Waals surface area (Å²) < 4.78 is 10.7. The van der Waals surface area contributed by atoms with Crippen LogP contribution in [0.25, 0.3) is 10.8 Å². The van der Waals surface area contributed by atoms with Gasteiger partial charge in [-0.3, -0.25) is 4.79 Å². The second-order valence-corrected chi connectivity index (χ2v) is 5.16. The third kappa shape index (κ3) is 2.90. The average Bonchev–Trinajstić information content (AvgIpc) is 2.43. The molecule has 0 fully saturated rings. The van der Waals surface area contributed by atoms with Crippen molar-refractivity contribution in [2.24, 2.45) is 0 Å². The lowest BCUT2D eigenvalue weighted by Gasteiger charge is -2.18. The topological polar surface area (TPSA) is 55.8 Å². The Hall–Kier alpha value is -1.94. The van der Waals surface area contributed by atoms with E-state index in [1.54, 1.807) is 18.2 Å². The highest BCUT2D eigenvalue weighted by molar-refractivity contribution is 6.31. The molecule has 0 bridgehead atoms. The minimum atomic E-state index is -0.429. The van der Waals surface area contributed by atoms with Crippen LogP contribution in [-0.2, 0) is 11.2 Å². The predicted octanol–water partition coefficient (Wildman–Crippen LogP) is 4.09. The summed E-state index contributed by atoms with van der Waals surface area (Å²) in [5, 5.41) is 12.0. The number of methoxy groups -OCH3 is 1. The van der Waals surface area contributed by atoms with Crippen LogP contribution in [0.4, 0.5) is 0 Å². The van der Waals surface area contributed by atoms with Gasteiger partial charge in [-0.25, -0.2) is 0 Å². The van der Waals surface area contributed by atoms with Gasteiger partial charge in [0, 0.05) is 28.3 Å². The molecule has 21 heavy (non-hydrogen) atoms. The Morgan fingerprint density at radius 1 is 1.29 bits per heavy atom. The van der Waals surface area contributed by atoms with E-state index in [0.29, 0.717) is 39.3 Å². The molecule has 0 heterocycles. The lowest BCUT2D eigenvalue weighted by Crippen LogP contribution is -2.06. The molecule has 0 aliphatic heterocycles. The number of fused-ring (bicyclic) bond motifs is 1. The van der Waals surface area contributed by atoms with Gasteiger partial charge in [0.2, 0.25) is 0 Å². The number of hydrogen-bond acceptors (Lipinski definition) is 4. The van der Waals surface area contributed by atoms with Crippen LogP contribution in [0.15, 0.2) is 18.2 Å². The molecule has 0 saturated heterocycles. The number of halogens is 1. The summed E-state index contributed by atoms with van der Waals surface area (Å²) in [5.41, 5.74) is 0.669. The Morgan fingerprint density at radius 2 is 2.00 bits per heavy atom. The van der Waals surface area contributed by atoms with Gasteiger partial charge in [-0.15, -0.1) is 0 Å². The highest BCUT2D eigenvalue weighted by Gasteiger charge is 2.21. The minimum absolute atomic E-state index is 0.0310. The first-order chi connectivity index (χ1) is 9.99. The van der Waals surface area contributed by atoms with Gasteiger partial charge in [0.15, 0.2) is 11.5 Å². The van der Waals surface area contributed by atoms with Crippen molar-refractivity contribution in [3.63, 3.8) is 0 Å². The van der Waals surface area contributed by atoms with Crippen LogP contribution >= 0.6 is 11.6 Å². The van der Waals surface area contributed by atoms with E-state index in [9.17, 15) is 9.90 Å². The van der Waals surface area contributed by atoms with E-state index >= 15 is 0 Å². The van der Waals surface area contributed by atoms with Gasteiger partial charge in [-0.1, -0.05) is 24.9 Å². The standard InChI is InChI=1S/C16H17ClO4/c1-4-5-12-15(21-9(2)18)13-8-10(17)6-7-11(13)14(19)16(12)20-3/h6-8,19H,4-5H2,1-3H3. The van der Waals surface area contributed by atoms with E-state index in [2.05, 4.69) is 0 Å². The highest BCUT2D eigenvalue weighted by atomic mass is 35.5. The molecule has 0 unspecified atom stereocenters. The molecule has 0 saturated carbocycles.